The van der Waals surface area contributed by atoms with Gasteiger partial charge in [0, 0.05) is 12.8 Å². The van der Waals surface area contributed by atoms with Gasteiger partial charge in [0.2, 0.25) is 0 Å². The van der Waals surface area contributed by atoms with E-state index in [0.29, 0.717) is 12.8 Å². The van der Waals surface area contributed by atoms with Gasteiger partial charge >= 0.3 is 11.9 Å². The number of rotatable bonds is 32. The van der Waals surface area contributed by atoms with Gasteiger partial charge in [0.05, 0.1) is 6.61 Å². The number of hydrogen-bond acceptors (Lipinski definition) is 5. The predicted octanol–water partition coefficient (Wildman–Crippen LogP) is 11.1. The minimum atomic E-state index is -0.785. The average molecular weight is 617 g/mol. The second-order valence-corrected chi connectivity index (χ2v) is 11.9. The number of aliphatic hydroxyl groups is 1. The normalized spacial score (nSPS) is 12.7. The molecule has 44 heavy (non-hydrogen) atoms. The number of unbranched alkanes of at least 4 members (excludes halogenated alkanes) is 16. The van der Waals surface area contributed by atoms with E-state index in [-0.39, 0.29) is 25.2 Å². The molecule has 0 spiro atoms. The van der Waals surface area contributed by atoms with Gasteiger partial charge in [-0.25, -0.2) is 0 Å². The fourth-order valence-corrected chi connectivity index (χ4v) is 4.90. The van der Waals surface area contributed by atoms with Crippen LogP contribution in [0.1, 0.15) is 168 Å². The summed E-state index contributed by atoms with van der Waals surface area (Å²) < 4.78 is 10.5. The van der Waals surface area contributed by atoms with Crippen molar-refractivity contribution in [3.8, 4) is 0 Å². The lowest BCUT2D eigenvalue weighted by molar-refractivity contribution is -0.161. The van der Waals surface area contributed by atoms with Gasteiger partial charge < -0.3 is 14.6 Å². The standard InChI is InChI=1S/C39H68O5/c1-3-5-7-9-11-13-15-17-19-21-23-25-27-29-31-33-38(41)43-36-37(35-40)44-39(42)34-32-30-28-26-24-22-20-18-16-14-12-10-8-6-4-2/h5,7,11,13,17,19,23,25,37,40H,3-4,6,8-10,12,14-16,18,20-22,24,26-36H2,1-2H3/b7-5-,13-11-,19-17-,25-23-/t37-/m0/s1. The Balaban J connectivity index is 3.64. The molecule has 0 aliphatic heterocycles. The van der Waals surface area contributed by atoms with E-state index in [4.69, 9.17) is 9.47 Å². The first-order valence-corrected chi connectivity index (χ1v) is 18.2. The summed E-state index contributed by atoms with van der Waals surface area (Å²) in [6, 6.07) is 0. The molecule has 0 radical (unpaired) electrons. The van der Waals surface area contributed by atoms with Crippen LogP contribution in [0.4, 0.5) is 0 Å². The van der Waals surface area contributed by atoms with Crippen LogP contribution >= 0.6 is 0 Å². The van der Waals surface area contributed by atoms with Crippen LogP contribution < -0.4 is 0 Å². The van der Waals surface area contributed by atoms with Crippen LogP contribution in [-0.4, -0.2) is 36.4 Å². The number of carbonyl (C=O) groups is 2. The first-order valence-electron chi connectivity index (χ1n) is 18.2. The third-order valence-electron chi connectivity index (χ3n) is 7.64. The van der Waals surface area contributed by atoms with Crippen molar-refractivity contribution >= 4 is 11.9 Å². The second-order valence-electron chi connectivity index (χ2n) is 11.9. The highest BCUT2D eigenvalue weighted by Crippen LogP contribution is 2.14. The van der Waals surface area contributed by atoms with E-state index in [1.165, 1.54) is 77.0 Å². The minimum absolute atomic E-state index is 0.0865. The zero-order chi connectivity index (χ0) is 32.2. The maximum Gasteiger partial charge on any atom is 0.306 e. The Morgan fingerprint density at radius 2 is 0.977 bits per heavy atom. The summed E-state index contributed by atoms with van der Waals surface area (Å²) in [5, 5.41) is 9.52. The third-order valence-corrected chi connectivity index (χ3v) is 7.64. The molecule has 1 atom stereocenters. The van der Waals surface area contributed by atoms with Gasteiger partial charge in [0.25, 0.3) is 0 Å². The minimum Gasteiger partial charge on any atom is -0.462 e. The highest BCUT2D eigenvalue weighted by Gasteiger charge is 2.16. The molecule has 0 saturated heterocycles. The smallest absolute Gasteiger partial charge is 0.306 e. The van der Waals surface area contributed by atoms with Crippen molar-refractivity contribution in [3.63, 3.8) is 0 Å². The SMILES string of the molecule is CC/C=C\C/C=C\C/C=C\C/C=C\CCCCC(=O)OC[C@H](CO)OC(=O)CCCCCCCCCCCCCCCCC. The summed E-state index contributed by atoms with van der Waals surface area (Å²) in [5.74, 6) is -0.639. The molecule has 0 amide bonds. The second kappa shape index (κ2) is 35.3. The maximum absolute atomic E-state index is 12.1. The van der Waals surface area contributed by atoms with Crippen LogP contribution in [0.25, 0.3) is 0 Å². The average Bonchev–Trinajstić information content (AvgIpc) is 3.02. The number of ether oxygens (including phenoxy) is 2. The van der Waals surface area contributed by atoms with E-state index in [9.17, 15) is 14.7 Å². The van der Waals surface area contributed by atoms with Crippen LogP contribution in [0, 0.1) is 0 Å². The number of hydrogen-bond donors (Lipinski definition) is 1. The van der Waals surface area contributed by atoms with E-state index in [1.807, 2.05) is 0 Å². The largest absolute Gasteiger partial charge is 0.462 e. The fourth-order valence-electron chi connectivity index (χ4n) is 4.90. The monoisotopic (exact) mass is 617 g/mol. The topological polar surface area (TPSA) is 72.8 Å². The lowest BCUT2D eigenvalue weighted by Crippen LogP contribution is -2.28. The third kappa shape index (κ3) is 32.8. The molecule has 0 aromatic carbocycles. The lowest BCUT2D eigenvalue weighted by atomic mass is 10.0. The van der Waals surface area contributed by atoms with Crippen LogP contribution in [0.5, 0.6) is 0 Å². The van der Waals surface area contributed by atoms with Gasteiger partial charge in [0.1, 0.15) is 6.61 Å². The number of carbonyl (C=O) groups excluding carboxylic acids is 2. The van der Waals surface area contributed by atoms with Crippen molar-refractivity contribution in [1.29, 1.82) is 0 Å². The molecule has 0 aliphatic rings. The Bertz CT molecular complexity index is 752. The van der Waals surface area contributed by atoms with Crippen LogP contribution in [0.15, 0.2) is 48.6 Å². The van der Waals surface area contributed by atoms with E-state index >= 15 is 0 Å². The van der Waals surface area contributed by atoms with Gasteiger partial charge in [-0.3, -0.25) is 9.59 Å². The molecule has 5 heteroatoms. The van der Waals surface area contributed by atoms with E-state index in [2.05, 4.69) is 62.5 Å². The molecule has 0 rings (SSSR count). The van der Waals surface area contributed by atoms with Crippen LogP contribution in [0.2, 0.25) is 0 Å². The molecule has 1 N–H and O–H groups in total. The highest BCUT2D eigenvalue weighted by atomic mass is 16.6. The quantitative estimate of drug-likeness (QED) is 0.0462. The van der Waals surface area contributed by atoms with E-state index in [0.717, 1.165) is 64.2 Å². The molecular formula is C39H68O5. The Kier molecular flexibility index (Phi) is 33.6. The number of esters is 2. The summed E-state index contributed by atoms with van der Waals surface area (Å²) in [5.41, 5.74) is 0. The van der Waals surface area contributed by atoms with Crippen LogP contribution in [-0.2, 0) is 19.1 Å². The molecular weight excluding hydrogens is 548 g/mol. The molecule has 0 bridgehead atoms. The van der Waals surface area contributed by atoms with Crippen molar-refractivity contribution in [2.24, 2.45) is 0 Å². The van der Waals surface area contributed by atoms with Crippen molar-refractivity contribution in [2.45, 2.75) is 174 Å². The van der Waals surface area contributed by atoms with E-state index in [1.54, 1.807) is 0 Å². The molecule has 0 aromatic rings. The summed E-state index contributed by atoms with van der Waals surface area (Å²) in [6.45, 7) is 3.98. The zero-order valence-electron chi connectivity index (χ0n) is 28.7. The Morgan fingerprint density at radius 1 is 0.545 bits per heavy atom. The van der Waals surface area contributed by atoms with E-state index < -0.39 is 6.10 Å². The van der Waals surface area contributed by atoms with Crippen molar-refractivity contribution in [1.82, 2.24) is 0 Å². The first kappa shape index (κ1) is 41.9. The van der Waals surface area contributed by atoms with Crippen molar-refractivity contribution < 1.29 is 24.2 Å². The molecule has 0 heterocycles. The summed E-state index contributed by atoms with van der Waals surface area (Å²) >= 11 is 0. The predicted molar refractivity (Wildman–Crippen MR) is 187 cm³/mol. The van der Waals surface area contributed by atoms with Gasteiger partial charge in [-0.2, -0.15) is 0 Å². The van der Waals surface area contributed by atoms with Crippen molar-refractivity contribution in [3.05, 3.63) is 48.6 Å². The maximum atomic E-state index is 12.1. The van der Waals surface area contributed by atoms with Gasteiger partial charge in [-0.15, -0.1) is 0 Å². The zero-order valence-corrected chi connectivity index (χ0v) is 28.7. The van der Waals surface area contributed by atoms with Crippen molar-refractivity contribution in [2.75, 3.05) is 13.2 Å². The molecule has 0 fully saturated rings. The van der Waals surface area contributed by atoms with Gasteiger partial charge in [0.15, 0.2) is 6.10 Å². The molecule has 0 aromatic heterocycles. The fraction of sp³-hybridized carbons (Fsp3) is 0.744. The molecule has 0 aliphatic carbocycles. The Labute approximate surface area is 271 Å². The molecule has 5 nitrogen and oxygen atoms in total. The number of allylic oxidation sites excluding steroid dienone is 8. The van der Waals surface area contributed by atoms with Crippen LogP contribution in [0.3, 0.4) is 0 Å². The first-order chi connectivity index (χ1) is 21.6. The van der Waals surface area contributed by atoms with Gasteiger partial charge in [-0.05, 0) is 51.4 Å². The summed E-state index contributed by atoms with van der Waals surface area (Å²) in [6.07, 6.45) is 43.1. The Hall–Kier alpha value is -2.14. The Morgan fingerprint density at radius 3 is 1.48 bits per heavy atom. The highest BCUT2D eigenvalue weighted by molar-refractivity contribution is 5.70. The summed E-state index contributed by atoms with van der Waals surface area (Å²) in [7, 11) is 0. The van der Waals surface area contributed by atoms with Gasteiger partial charge in [-0.1, -0.05) is 152 Å². The number of aliphatic hydroxyl groups excluding tert-OH is 1. The molecule has 0 unspecified atom stereocenters. The molecule has 0 saturated carbocycles. The lowest BCUT2D eigenvalue weighted by Gasteiger charge is -2.15. The molecule has 254 valence electrons. The summed E-state index contributed by atoms with van der Waals surface area (Å²) in [4.78, 5) is 24.2.